The van der Waals surface area contributed by atoms with Crippen molar-refractivity contribution in [1.29, 1.82) is 0 Å². The van der Waals surface area contributed by atoms with Crippen molar-refractivity contribution in [2.24, 2.45) is 5.92 Å². The van der Waals surface area contributed by atoms with Gasteiger partial charge in [-0.25, -0.2) is 0 Å². The summed E-state index contributed by atoms with van der Waals surface area (Å²) in [5.74, 6) is 2.16. The molecule has 1 saturated heterocycles. The SMILES string of the molecule is Nc1ccc([N+](=O)[O-])c(C(=O)NCC2CCSC2)c1. The van der Waals surface area contributed by atoms with Gasteiger partial charge in [-0.2, -0.15) is 11.8 Å². The Labute approximate surface area is 114 Å². The van der Waals surface area contributed by atoms with E-state index < -0.39 is 10.8 Å². The van der Waals surface area contributed by atoms with Crippen LogP contribution in [0.3, 0.4) is 0 Å². The summed E-state index contributed by atoms with van der Waals surface area (Å²) in [7, 11) is 0. The van der Waals surface area contributed by atoms with Gasteiger partial charge in [-0.05, 0) is 36.0 Å². The van der Waals surface area contributed by atoms with Gasteiger partial charge in [0.25, 0.3) is 11.6 Å². The van der Waals surface area contributed by atoms with Gasteiger partial charge in [-0.1, -0.05) is 0 Å². The average molecular weight is 281 g/mol. The number of rotatable bonds is 4. The minimum atomic E-state index is -0.570. The lowest BCUT2D eigenvalue weighted by molar-refractivity contribution is -0.385. The number of benzene rings is 1. The molecular weight excluding hydrogens is 266 g/mol. The summed E-state index contributed by atoms with van der Waals surface area (Å²) in [6.45, 7) is 0.553. The molecule has 1 unspecified atom stereocenters. The van der Waals surface area contributed by atoms with Crippen LogP contribution in [0.15, 0.2) is 18.2 Å². The lowest BCUT2D eigenvalue weighted by Crippen LogP contribution is -2.29. The number of nitro groups is 1. The molecule has 1 aromatic rings. The standard InChI is InChI=1S/C12H15N3O3S/c13-9-1-2-11(15(17)18)10(5-9)12(16)14-6-8-3-4-19-7-8/h1-2,5,8H,3-4,6-7,13H2,(H,14,16). The zero-order valence-corrected chi connectivity index (χ0v) is 11.1. The monoisotopic (exact) mass is 281 g/mol. The van der Waals surface area contributed by atoms with Crippen molar-refractivity contribution in [3.63, 3.8) is 0 Å². The summed E-state index contributed by atoms with van der Waals surface area (Å²) in [6, 6.07) is 4.02. The molecule has 1 amide bonds. The molecule has 6 nitrogen and oxygen atoms in total. The van der Waals surface area contributed by atoms with E-state index >= 15 is 0 Å². The number of nitrogens with two attached hydrogens (primary N) is 1. The van der Waals surface area contributed by atoms with Crippen molar-refractivity contribution in [2.45, 2.75) is 6.42 Å². The zero-order valence-electron chi connectivity index (χ0n) is 10.3. The number of nitrogens with zero attached hydrogens (tertiary/aromatic N) is 1. The first-order valence-electron chi connectivity index (χ1n) is 5.98. The van der Waals surface area contributed by atoms with Gasteiger partial charge in [0, 0.05) is 18.3 Å². The summed E-state index contributed by atoms with van der Waals surface area (Å²) in [5, 5.41) is 13.6. The number of hydrogen-bond donors (Lipinski definition) is 2. The zero-order chi connectivity index (χ0) is 13.8. The molecule has 7 heteroatoms. The van der Waals surface area contributed by atoms with Crippen LogP contribution in [0.25, 0.3) is 0 Å². The van der Waals surface area contributed by atoms with Gasteiger partial charge in [-0.15, -0.1) is 0 Å². The first-order chi connectivity index (χ1) is 9.08. The van der Waals surface area contributed by atoms with E-state index in [0.29, 0.717) is 18.2 Å². The minimum absolute atomic E-state index is 0.0238. The van der Waals surface area contributed by atoms with Crippen LogP contribution in [0.2, 0.25) is 0 Å². The fraction of sp³-hybridized carbons (Fsp3) is 0.417. The van der Waals surface area contributed by atoms with E-state index in [1.54, 1.807) is 0 Å². The molecule has 102 valence electrons. The highest BCUT2D eigenvalue weighted by atomic mass is 32.2. The highest BCUT2D eigenvalue weighted by Gasteiger charge is 2.22. The maximum atomic E-state index is 12.0. The van der Waals surface area contributed by atoms with E-state index in [2.05, 4.69) is 5.32 Å². The Morgan fingerprint density at radius 2 is 2.37 bits per heavy atom. The number of anilines is 1. The van der Waals surface area contributed by atoms with Crippen molar-refractivity contribution in [2.75, 3.05) is 23.8 Å². The number of carbonyl (C=O) groups is 1. The number of carbonyl (C=O) groups excluding carboxylic acids is 1. The van der Waals surface area contributed by atoms with Crippen molar-refractivity contribution in [3.8, 4) is 0 Å². The van der Waals surface area contributed by atoms with E-state index in [-0.39, 0.29) is 11.3 Å². The Kier molecular flexibility index (Phi) is 4.26. The topological polar surface area (TPSA) is 98.3 Å². The van der Waals surface area contributed by atoms with E-state index in [9.17, 15) is 14.9 Å². The van der Waals surface area contributed by atoms with E-state index in [4.69, 9.17) is 5.73 Å². The number of thioether (sulfide) groups is 1. The number of hydrogen-bond acceptors (Lipinski definition) is 5. The van der Waals surface area contributed by atoms with Crippen LogP contribution in [0, 0.1) is 16.0 Å². The van der Waals surface area contributed by atoms with Crippen LogP contribution >= 0.6 is 11.8 Å². The Morgan fingerprint density at radius 3 is 3.00 bits per heavy atom. The molecule has 1 aliphatic heterocycles. The quantitative estimate of drug-likeness (QED) is 0.497. The van der Waals surface area contributed by atoms with Gasteiger partial charge < -0.3 is 11.1 Å². The molecule has 0 aromatic heterocycles. The van der Waals surface area contributed by atoms with Crippen molar-refractivity contribution < 1.29 is 9.72 Å². The molecule has 1 fully saturated rings. The Hall–Kier alpha value is -1.76. The highest BCUT2D eigenvalue weighted by molar-refractivity contribution is 7.99. The molecule has 1 aromatic carbocycles. The highest BCUT2D eigenvalue weighted by Crippen LogP contribution is 2.24. The second kappa shape index (κ2) is 5.92. The maximum Gasteiger partial charge on any atom is 0.282 e. The van der Waals surface area contributed by atoms with E-state index in [1.165, 1.54) is 18.2 Å². The van der Waals surface area contributed by atoms with Gasteiger partial charge >= 0.3 is 0 Å². The largest absolute Gasteiger partial charge is 0.399 e. The van der Waals surface area contributed by atoms with Gasteiger partial charge in [-0.3, -0.25) is 14.9 Å². The third-order valence-electron chi connectivity index (χ3n) is 3.04. The molecule has 1 aliphatic rings. The molecule has 0 aliphatic carbocycles. The normalized spacial score (nSPS) is 18.2. The van der Waals surface area contributed by atoms with Crippen molar-refractivity contribution >= 4 is 29.0 Å². The molecule has 1 heterocycles. The molecule has 0 radical (unpaired) electrons. The van der Waals surface area contributed by atoms with Crippen LogP contribution in [0.5, 0.6) is 0 Å². The third-order valence-corrected chi connectivity index (χ3v) is 4.27. The summed E-state index contributed by atoms with van der Waals surface area (Å²) >= 11 is 1.86. The second-order valence-electron chi connectivity index (χ2n) is 4.47. The fourth-order valence-corrected chi connectivity index (χ4v) is 3.26. The smallest absolute Gasteiger partial charge is 0.282 e. The minimum Gasteiger partial charge on any atom is -0.399 e. The van der Waals surface area contributed by atoms with Crippen molar-refractivity contribution in [1.82, 2.24) is 5.32 Å². The third kappa shape index (κ3) is 3.37. The molecule has 0 bridgehead atoms. The Morgan fingerprint density at radius 1 is 1.58 bits per heavy atom. The molecule has 0 saturated carbocycles. The second-order valence-corrected chi connectivity index (χ2v) is 5.62. The van der Waals surface area contributed by atoms with Gasteiger partial charge in [0.15, 0.2) is 0 Å². The lowest BCUT2D eigenvalue weighted by atomic mass is 10.1. The summed E-state index contributed by atoms with van der Waals surface area (Å²) in [5.41, 5.74) is 5.73. The molecule has 19 heavy (non-hydrogen) atoms. The van der Waals surface area contributed by atoms with Crippen molar-refractivity contribution in [3.05, 3.63) is 33.9 Å². The molecule has 1 atom stereocenters. The first kappa shape index (κ1) is 13.7. The van der Waals surface area contributed by atoms with Gasteiger partial charge in [0.2, 0.25) is 0 Å². The summed E-state index contributed by atoms with van der Waals surface area (Å²) in [6.07, 6.45) is 1.07. The van der Waals surface area contributed by atoms with E-state index in [1.807, 2.05) is 11.8 Å². The lowest BCUT2D eigenvalue weighted by Gasteiger charge is -2.10. The number of amides is 1. The Balaban J connectivity index is 2.08. The predicted molar refractivity (Wildman–Crippen MR) is 75.3 cm³/mol. The predicted octanol–water partition coefficient (Wildman–Crippen LogP) is 1.66. The molecule has 0 spiro atoms. The molecular formula is C12H15N3O3S. The Bertz CT molecular complexity index is 501. The van der Waals surface area contributed by atoms with Crippen LogP contribution in [0.4, 0.5) is 11.4 Å². The van der Waals surface area contributed by atoms with Crippen LogP contribution in [0.1, 0.15) is 16.8 Å². The number of nitro benzene ring substituents is 1. The number of nitrogens with one attached hydrogen (secondary N) is 1. The molecule has 3 N–H and O–H groups in total. The molecule has 2 rings (SSSR count). The van der Waals surface area contributed by atoms with E-state index in [0.717, 1.165) is 17.9 Å². The summed E-state index contributed by atoms with van der Waals surface area (Å²) in [4.78, 5) is 22.3. The first-order valence-corrected chi connectivity index (χ1v) is 7.13. The van der Waals surface area contributed by atoms with Crippen LogP contribution < -0.4 is 11.1 Å². The van der Waals surface area contributed by atoms with Gasteiger partial charge in [0.1, 0.15) is 5.56 Å². The maximum absolute atomic E-state index is 12.0. The van der Waals surface area contributed by atoms with Gasteiger partial charge in [0.05, 0.1) is 4.92 Å². The fourth-order valence-electron chi connectivity index (χ4n) is 1.97. The number of nitrogen functional groups attached to an aromatic ring is 1. The summed E-state index contributed by atoms with van der Waals surface area (Å²) < 4.78 is 0. The van der Waals surface area contributed by atoms with Crippen LogP contribution in [-0.4, -0.2) is 28.9 Å². The average Bonchev–Trinajstić information content (AvgIpc) is 2.88. The van der Waals surface area contributed by atoms with Crippen LogP contribution in [-0.2, 0) is 0 Å².